The van der Waals surface area contributed by atoms with Crippen LogP contribution in [0.15, 0.2) is 18.2 Å². The van der Waals surface area contributed by atoms with E-state index in [1.54, 1.807) is 7.11 Å². The van der Waals surface area contributed by atoms with Gasteiger partial charge in [0.1, 0.15) is 17.3 Å². The predicted molar refractivity (Wildman–Crippen MR) is 71.9 cm³/mol. The maximum absolute atomic E-state index is 5.86. The molecule has 2 nitrogen and oxygen atoms in total. The van der Waals surface area contributed by atoms with Gasteiger partial charge in [-0.15, -0.1) is 0 Å². The fourth-order valence-corrected chi connectivity index (χ4v) is 4.31. The molecule has 1 aliphatic heterocycles. The number of benzene rings is 1. The van der Waals surface area contributed by atoms with Crippen molar-refractivity contribution < 1.29 is 4.74 Å². The van der Waals surface area contributed by atoms with Gasteiger partial charge in [-0.3, -0.25) is 0 Å². The summed E-state index contributed by atoms with van der Waals surface area (Å²) in [4.78, 5) is 0. The van der Waals surface area contributed by atoms with Gasteiger partial charge in [0, 0.05) is 18.4 Å². The summed E-state index contributed by atoms with van der Waals surface area (Å²) in [6.07, 6.45) is 2.52. The van der Waals surface area contributed by atoms with Gasteiger partial charge in [0.05, 0.1) is 6.61 Å². The summed E-state index contributed by atoms with van der Waals surface area (Å²) in [5.41, 5.74) is 9.73. The highest BCUT2D eigenvalue weighted by atomic mass is 32.2. The van der Waals surface area contributed by atoms with Crippen molar-refractivity contribution in [1.82, 2.24) is 0 Å². The SMILES string of the molecule is COCC[S+]1CCCc2ccc(N)cc2C1. The number of nitrogen functional groups attached to an aromatic ring is 1. The lowest BCUT2D eigenvalue weighted by atomic mass is 10.0. The Morgan fingerprint density at radius 1 is 1.38 bits per heavy atom. The molecule has 1 heterocycles. The van der Waals surface area contributed by atoms with Gasteiger partial charge in [-0.2, -0.15) is 0 Å². The van der Waals surface area contributed by atoms with E-state index in [1.165, 1.54) is 41.2 Å². The van der Waals surface area contributed by atoms with Crippen molar-refractivity contribution in [2.75, 3.05) is 31.0 Å². The molecule has 0 aromatic heterocycles. The smallest absolute Gasteiger partial charge is 0.133 e. The summed E-state index contributed by atoms with van der Waals surface area (Å²) in [6, 6.07) is 6.39. The van der Waals surface area contributed by atoms with E-state index >= 15 is 0 Å². The second kappa shape index (κ2) is 5.60. The van der Waals surface area contributed by atoms with Gasteiger partial charge in [-0.05, 0) is 41.4 Å². The van der Waals surface area contributed by atoms with Crippen molar-refractivity contribution in [1.29, 1.82) is 0 Å². The third-order valence-electron chi connectivity index (χ3n) is 3.05. The number of fused-ring (bicyclic) bond motifs is 1. The van der Waals surface area contributed by atoms with Crippen LogP contribution in [0, 0.1) is 0 Å². The van der Waals surface area contributed by atoms with Gasteiger partial charge in [-0.1, -0.05) is 6.07 Å². The summed E-state index contributed by atoms with van der Waals surface area (Å²) in [5.74, 6) is 3.74. The largest absolute Gasteiger partial charge is 0.399 e. The zero-order valence-corrected chi connectivity index (χ0v) is 10.7. The standard InChI is InChI=1S/C13H20NOS/c1-15-6-8-16-7-2-3-11-4-5-13(14)9-12(11)10-16/h4-5,9H,2-3,6-8,10,14H2,1H3/q+1. The Morgan fingerprint density at radius 3 is 3.06 bits per heavy atom. The third kappa shape index (κ3) is 2.92. The van der Waals surface area contributed by atoms with Gasteiger partial charge < -0.3 is 10.5 Å². The molecule has 1 aromatic carbocycles. The normalized spacial score (nSPS) is 20.2. The molecule has 0 amide bonds. The summed E-state index contributed by atoms with van der Waals surface area (Å²) >= 11 is 0. The molecule has 3 heteroatoms. The van der Waals surface area contributed by atoms with Crippen molar-refractivity contribution in [3.63, 3.8) is 0 Å². The number of hydrogen-bond donors (Lipinski definition) is 1. The van der Waals surface area contributed by atoms with Crippen LogP contribution >= 0.6 is 0 Å². The Labute approximate surface area is 101 Å². The number of aryl methyl sites for hydroxylation is 1. The second-order valence-corrected chi connectivity index (χ2v) is 6.62. The quantitative estimate of drug-likeness (QED) is 0.645. The van der Waals surface area contributed by atoms with E-state index in [-0.39, 0.29) is 0 Å². The number of nitrogens with two attached hydrogens (primary N) is 1. The van der Waals surface area contributed by atoms with Crippen LogP contribution in [0.25, 0.3) is 0 Å². The highest BCUT2D eigenvalue weighted by molar-refractivity contribution is 7.96. The first-order valence-corrected chi connectivity index (χ1v) is 7.53. The Balaban J connectivity index is 2.10. The van der Waals surface area contributed by atoms with Crippen LogP contribution in [0.5, 0.6) is 0 Å². The van der Waals surface area contributed by atoms with Gasteiger partial charge >= 0.3 is 0 Å². The Hall–Kier alpha value is -0.670. The highest BCUT2D eigenvalue weighted by Crippen LogP contribution is 2.23. The van der Waals surface area contributed by atoms with Crippen LogP contribution in [-0.4, -0.2) is 25.2 Å². The van der Waals surface area contributed by atoms with Crippen molar-refractivity contribution in [2.24, 2.45) is 0 Å². The Bertz CT molecular complexity index is 352. The Kier molecular flexibility index (Phi) is 4.13. The van der Waals surface area contributed by atoms with Gasteiger partial charge in [0.15, 0.2) is 0 Å². The molecule has 2 rings (SSSR count). The number of anilines is 1. The van der Waals surface area contributed by atoms with E-state index in [9.17, 15) is 0 Å². The van der Waals surface area contributed by atoms with Crippen molar-refractivity contribution >= 4 is 16.6 Å². The molecule has 0 saturated carbocycles. The zero-order valence-electron chi connectivity index (χ0n) is 9.87. The molecule has 0 bridgehead atoms. The van der Waals surface area contributed by atoms with Crippen LogP contribution < -0.4 is 5.73 Å². The van der Waals surface area contributed by atoms with E-state index in [4.69, 9.17) is 10.5 Å². The molecule has 0 radical (unpaired) electrons. The molecule has 0 saturated heterocycles. The minimum atomic E-state index is 0.488. The zero-order chi connectivity index (χ0) is 11.4. The summed E-state index contributed by atoms with van der Waals surface area (Å²) in [6.45, 7) is 0.890. The first-order valence-electron chi connectivity index (χ1n) is 5.80. The predicted octanol–water partition coefficient (Wildman–Crippen LogP) is 1.98. The minimum absolute atomic E-state index is 0.488. The van der Waals surface area contributed by atoms with Gasteiger partial charge in [-0.25, -0.2) is 0 Å². The highest BCUT2D eigenvalue weighted by Gasteiger charge is 2.23. The van der Waals surface area contributed by atoms with Crippen LogP contribution in [0.2, 0.25) is 0 Å². The van der Waals surface area contributed by atoms with E-state index in [1.807, 2.05) is 6.07 Å². The topological polar surface area (TPSA) is 35.2 Å². The lowest BCUT2D eigenvalue weighted by Gasteiger charge is -2.07. The third-order valence-corrected chi connectivity index (χ3v) is 5.37. The molecule has 0 aliphatic carbocycles. The fourth-order valence-electron chi connectivity index (χ4n) is 2.16. The summed E-state index contributed by atoms with van der Waals surface area (Å²) in [5, 5.41) is 0. The molecule has 1 aliphatic rings. The second-order valence-electron chi connectivity index (χ2n) is 4.29. The van der Waals surface area contributed by atoms with E-state index in [2.05, 4.69) is 12.1 Å². The molecular weight excluding hydrogens is 218 g/mol. The average molecular weight is 238 g/mol. The molecule has 88 valence electrons. The van der Waals surface area contributed by atoms with Crippen LogP contribution in [0.4, 0.5) is 5.69 Å². The van der Waals surface area contributed by atoms with E-state index in [0.717, 1.165) is 12.3 Å². The fraction of sp³-hybridized carbons (Fsp3) is 0.538. The maximum atomic E-state index is 5.86. The average Bonchev–Trinajstić information content (AvgIpc) is 2.47. The maximum Gasteiger partial charge on any atom is 0.133 e. The van der Waals surface area contributed by atoms with Crippen molar-refractivity contribution in [3.05, 3.63) is 29.3 Å². The lowest BCUT2D eigenvalue weighted by Crippen LogP contribution is -2.17. The number of methoxy groups -OCH3 is 1. The number of hydrogen-bond acceptors (Lipinski definition) is 2. The van der Waals surface area contributed by atoms with Crippen LogP contribution in [-0.2, 0) is 27.8 Å². The van der Waals surface area contributed by atoms with Gasteiger partial charge in [0.2, 0.25) is 0 Å². The van der Waals surface area contributed by atoms with Crippen molar-refractivity contribution in [2.45, 2.75) is 18.6 Å². The molecule has 2 N–H and O–H groups in total. The molecule has 0 fully saturated rings. The first-order chi connectivity index (χ1) is 7.79. The molecule has 1 unspecified atom stereocenters. The number of ether oxygens (including phenoxy) is 1. The van der Waals surface area contributed by atoms with Crippen LogP contribution in [0.3, 0.4) is 0 Å². The molecule has 16 heavy (non-hydrogen) atoms. The first kappa shape index (κ1) is 11.8. The number of rotatable bonds is 3. The minimum Gasteiger partial charge on any atom is -0.399 e. The molecule has 0 spiro atoms. The summed E-state index contributed by atoms with van der Waals surface area (Å²) < 4.78 is 5.18. The van der Waals surface area contributed by atoms with Gasteiger partial charge in [0.25, 0.3) is 0 Å². The summed E-state index contributed by atoms with van der Waals surface area (Å²) in [7, 11) is 2.27. The Morgan fingerprint density at radius 2 is 2.25 bits per heavy atom. The van der Waals surface area contributed by atoms with E-state index in [0.29, 0.717) is 10.9 Å². The molecule has 1 atom stereocenters. The monoisotopic (exact) mass is 238 g/mol. The van der Waals surface area contributed by atoms with Crippen molar-refractivity contribution in [3.8, 4) is 0 Å². The van der Waals surface area contributed by atoms with E-state index < -0.39 is 0 Å². The molecule has 1 aromatic rings. The lowest BCUT2D eigenvalue weighted by molar-refractivity contribution is 0.218. The van der Waals surface area contributed by atoms with Crippen LogP contribution in [0.1, 0.15) is 17.5 Å². The molecular formula is C13H20NOS+.